The van der Waals surface area contributed by atoms with Crippen molar-refractivity contribution in [1.82, 2.24) is 14.8 Å². The zero-order chi connectivity index (χ0) is 14.8. The summed E-state index contributed by atoms with van der Waals surface area (Å²) >= 11 is 5.91. The predicted octanol–water partition coefficient (Wildman–Crippen LogP) is 1.19. The van der Waals surface area contributed by atoms with Crippen molar-refractivity contribution in [2.45, 2.75) is 12.8 Å². The molecule has 114 valence electrons. The molecule has 0 atom stereocenters. The standard InChI is InChI=1S/C14H20ClN5O/c15-12-7-11(8-13(17-12)18-16)14(21)20-5-3-19(4-6-20)9-10-1-2-10/h7-8,10H,1-6,9,16H2,(H,17,18). The minimum absolute atomic E-state index is 0.0122. The second-order valence-corrected chi connectivity index (χ2v) is 6.13. The van der Waals surface area contributed by atoms with Gasteiger partial charge in [-0.2, -0.15) is 0 Å². The highest BCUT2D eigenvalue weighted by molar-refractivity contribution is 6.29. The first-order valence-corrected chi connectivity index (χ1v) is 7.69. The molecule has 21 heavy (non-hydrogen) atoms. The van der Waals surface area contributed by atoms with E-state index in [1.54, 1.807) is 12.1 Å². The van der Waals surface area contributed by atoms with Gasteiger partial charge in [0.2, 0.25) is 0 Å². The molecule has 1 aliphatic carbocycles. The van der Waals surface area contributed by atoms with Gasteiger partial charge >= 0.3 is 0 Å². The summed E-state index contributed by atoms with van der Waals surface area (Å²) in [5, 5.41) is 0.265. The molecule has 1 saturated heterocycles. The fraction of sp³-hybridized carbons (Fsp3) is 0.571. The van der Waals surface area contributed by atoms with Crippen LogP contribution >= 0.6 is 11.6 Å². The monoisotopic (exact) mass is 309 g/mol. The minimum Gasteiger partial charge on any atom is -0.336 e. The molecule has 0 unspecified atom stereocenters. The number of hydrazine groups is 1. The van der Waals surface area contributed by atoms with Gasteiger partial charge in [-0.15, -0.1) is 0 Å². The van der Waals surface area contributed by atoms with Crippen LogP contribution in [0, 0.1) is 5.92 Å². The number of carbonyl (C=O) groups is 1. The molecule has 1 saturated carbocycles. The van der Waals surface area contributed by atoms with Crippen LogP contribution in [0.15, 0.2) is 12.1 Å². The third-order valence-corrected chi connectivity index (χ3v) is 4.26. The van der Waals surface area contributed by atoms with E-state index in [-0.39, 0.29) is 11.1 Å². The van der Waals surface area contributed by atoms with E-state index in [4.69, 9.17) is 17.4 Å². The Kier molecular flexibility index (Phi) is 4.28. The van der Waals surface area contributed by atoms with Gasteiger partial charge in [-0.05, 0) is 30.9 Å². The first kappa shape index (κ1) is 14.6. The zero-order valence-electron chi connectivity index (χ0n) is 11.9. The van der Waals surface area contributed by atoms with Crippen LogP contribution in [0.3, 0.4) is 0 Å². The summed E-state index contributed by atoms with van der Waals surface area (Å²) in [4.78, 5) is 20.8. The molecule has 1 aromatic heterocycles. The molecule has 3 rings (SSSR count). The first-order chi connectivity index (χ1) is 10.2. The van der Waals surface area contributed by atoms with Crippen LogP contribution in [0.25, 0.3) is 0 Å². The molecule has 0 radical (unpaired) electrons. The Hall–Kier alpha value is -1.37. The average molecular weight is 310 g/mol. The van der Waals surface area contributed by atoms with Crippen molar-refractivity contribution in [3.05, 3.63) is 22.8 Å². The molecule has 1 aromatic rings. The third-order valence-electron chi connectivity index (χ3n) is 4.06. The fourth-order valence-corrected chi connectivity index (χ4v) is 2.88. The molecule has 1 amide bonds. The molecule has 0 bridgehead atoms. The summed E-state index contributed by atoms with van der Waals surface area (Å²) in [6, 6.07) is 3.21. The van der Waals surface area contributed by atoms with Gasteiger partial charge in [-0.25, -0.2) is 10.8 Å². The van der Waals surface area contributed by atoms with Crippen molar-refractivity contribution < 1.29 is 4.79 Å². The maximum Gasteiger partial charge on any atom is 0.254 e. The molecule has 6 nitrogen and oxygen atoms in total. The van der Waals surface area contributed by atoms with E-state index in [0.717, 1.165) is 32.1 Å². The van der Waals surface area contributed by atoms with Crippen LogP contribution in [-0.4, -0.2) is 53.4 Å². The molecule has 0 spiro atoms. The lowest BCUT2D eigenvalue weighted by molar-refractivity contribution is 0.0632. The second-order valence-electron chi connectivity index (χ2n) is 5.74. The maximum atomic E-state index is 12.5. The van der Waals surface area contributed by atoms with E-state index >= 15 is 0 Å². The van der Waals surface area contributed by atoms with Crippen molar-refractivity contribution in [1.29, 1.82) is 0 Å². The second kappa shape index (κ2) is 6.17. The molecule has 3 N–H and O–H groups in total. The van der Waals surface area contributed by atoms with E-state index < -0.39 is 0 Å². The van der Waals surface area contributed by atoms with Gasteiger partial charge in [0, 0.05) is 38.3 Å². The van der Waals surface area contributed by atoms with E-state index in [1.165, 1.54) is 19.4 Å². The summed E-state index contributed by atoms with van der Waals surface area (Å²) in [6.07, 6.45) is 2.73. The molecule has 2 aliphatic rings. The van der Waals surface area contributed by atoms with E-state index in [0.29, 0.717) is 11.4 Å². The Morgan fingerprint density at radius 2 is 2.05 bits per heavy atom. The van der Waals surface area contributed by atoms with Crippen molar-refractivity contribution >= 4 is 23.3 Å². The van der Waals surface area contributed by atoms with Gasteiger partial charge < -0.3 is 10.3 Å². The van der Waals surface area contributed by atoms with Crippen LogP contribution in [0.5, 0.6) is 0 Å². The number of halogens is 1. The predicted molar refractivity (Wildman–Crippen MR) is 82.1 cm³/mol. The number of rotatable bonds is 4. The number of nitrogens with one attached hydrogen (secondary N) is 1. The summed E-state index contributed by atoms with van der Waals surface area (Å²) in [6.45, 7) is 4.60. The van der Waals surface area contributed by atoms with E-state index in [2.05, 4.69) is 15.3 Å². The lowest BCUT2D eigenvalue weighted by atomic mass is 10.2. The lowest BCUT2D eigenvalue weighted by Gasteiger charge is -2.34. The van der Waals surface area contributed by atoms with E-state index in [9.17, 15) is 4.79 Å². The first-order valence-electron chi connectivity index (χ1n) is 7.31. The number of pyridine rings is 1. The van der Waals surface area contributed by atoms with Crippen molar-refractivity contribution in [2.24, 2.45) is 11.8 Å². The SMILES string of the molecule is NNc1cc(C(=O)N2CCN(CC3CC3)CC2)cc(Cl)n1. The van der Waals surface area contributed by atoms with Gasteiger partial charge in [0.25, 0.3) is 5.91 Å². The summed E-state index contributed by atoms with van der Waals surface area (Å²) in [7, 11) is 0. The Bertz CT molecular complexity index is 526. The van der Waals surface area contributed by atoms with Gasteiger partial charge in [-0.3, -0.25) is 9.69 Å². The van der Waals surface area contributed by atoms with Crippen molar-refractivity contribution in [3.8, 4) is 0 Å². The number of nitrogens with zero attached hydrogens (tertiary/aromatic N) is 3. The topological polar surface area (TPSA) is 74.5 Å². The van der Waals surface area contributed by atoms with Crippen LogP contribution in [0.4, 0.5) is 5.82 Å². The number of piperazine rings is 1. The number of hydrogen-bond acceptors (Lipinski definition) is 5. The smallest absolute Gasteiger partial charge is 0.254 e. The van der Waals surface area contributed by atoms with Gasteiger partial charge in [0.15, 0.2) is 0 Å². The number of carbonyl (C=O) groups excluding carboxylic acids is 1. The molecular formula is C14H20ClN5O. The molecule has 2 heterocycles. The summed E-state index contributed by atoms with van der Waals surface area (Å²) < 4.78 is 0. The van der Waals surface area contributed by atoms with Crippen LogP contribution in [0.2, 0.25) is 5.15 Å². The number of anilines is 1. The Morgan fingerprint density at radius 3 is 2.67 bits per heavy atom. The summed E-state index contributed by atoms with van der Waals surface area (Å²) in [5.41, 5.74) is 2.95. The molecule has 0 aromatic carbocycles. The van der Waals surface area contributed by atoms with E-state index in [1.807, 2.05) is 4.90 Å². The average Bonchev–Trinajstić information content (AvgIpc) is 3.30. The van der Waals surface area contributed by atoms with Gasteiger partial charge in [0.05, 0.1) is 0 Å². The fourth-order valence-electron chi connectivity index (χ4n) is 2.68. The minimum atomic E-state index is -0.0122. The van der Waals surface area contributed by atoms with Crippen molar-refractivity contribution in [2.75, 3.05) is 38.1 Å². The number of amides is 1. The molecule has 2 fully saturated rings. The Morgan fingerprint density at radius 1 is 1.33 bits per heavy atom. The normalized spacial score (nSPS) is 19.6. The highest BCUT2D eigenvalue weighted by Crippen LogP contribution is 2.30. The molecule has 7 heteroatoms. The van der Waals surface area contributed by atoms with Gasteiger partial charge in [0.1, 0.15) is 11.0 Å². The van der Waals surface area contributed by atoms with Crippen molar-refractivity contribution in [3.63, 3.8) is 0 Å². The quantitative estimate of drug-likeness (QED) is 0.496. The number of hydrogen-bond donors (Lipinski definition) is 2. The van der Waals surface area contributed by atoms with Crippen LogP contribution in [0.1, 0.15) is 23.2 Å². The maximum absolute atomic E-state index is 12.5. The highest BCUT2D eigenvalue weighted by atomic mass is 35.5. The zero-order valence-corrected chi connectivity index (χ0v) is 12.6. The largest absolute Gasteiger partial charge is 0.336 e. The van der Waals surface area contributed by atoms with Crippen LogP contribution < -0.4 is 11.3 Å². The lowest BCUT2D eigenvalue weighted by Crippen LogP contribution is -2.49. The Balaban J connectivity index is 1.61. The summed E-state index contributed by atoms with van der Waals surface area (Å²) in [5.74, 6) is 6.62. The third kappa shape index (κ3) is 3.64. The van der Waals surface area contributed by atoms with Crippen LogP contribution in [-0.2, 0) is 0 Å². The van der Waals surface area contributed by atoms with Gasteiger partial charge in [-0.1, -0.05) is 11.6 Å². The number of aromatic nitrogens is 1. The molecule has 1 aliphatic heterocycles. The number of nitrogens with two attached hydrogens (primary N) is 1. The number of nitrogen functional groups attached to an aromatic ring is 1. The highest BCUT2D eigenvalue weighted by Gasteiger charge is 2.28. The Labute approximate surface area is 129 Å². The molecular weight excluding hydrogens is 290 g/mol.